The van der Waals surface area contributed by atoms with E-state index in [0.717, 1.165) is 11.3 Å². The van der Waals surface area contributed by atoms with Crippen LogP contribution in [0, 0.1) is 0 Å². The van der Waals surface area contributed by atoms with Gasteiger partial charge in [-0.25, -0.2) is 0 Å². The van der Waals surface area contributed by atoms with Crippen LogP contribution in [0.5, 0.6) is 0 Å². The molecule has 1 spiro atoms. The van der Waals surface area contributed by atoms with Crippen molar-refractivity contribution in [3.05, 3.63) is 29.8 Å². The fourth-order valence-electron chi connectivity index (χ4n) is 2.06. The summed E-state index contributed by atoms with van der Waals surface area (Å²) in [4.78, 5) is 11.9. The lowest BCUT2D eigenvalue weighted by Gasteiger charge is -2.19. The van der Waals surface area contributed by atoms with Gasteiger partial charge in [-0.15, -0.1) is 11.6 Å². The molecule has 16 heavy (non-hydrogen) atoms. The van der Waals surface area contributed by atoms with Crippen LogP contribution in [-0.4, -0.2) is 24.5 Å². The van der Waals surface area contributed by atoms with Crippen molar-refractivity contribution in [2.24, 2.45) is 0 Å². The largest absolute Gasteiger partial charge is 0.336 e. The van der Waals surface area contributed by atoms with Gasteiger partial charge in [0.1, 0.15) is 0 Å². The first-order chi connectivity index (χ1) is 7.76. The third-order valence-corrected chi connectivity index (χ3v) is 3.15. The fraction of sp³-hybridized carbons (Fsp3) is 0.364. The highest BCUT2D eigenvalue weighted by molar-refractivity contribution is 6.18. The van der Waals surface area contributed by atoms with Crippen molar-refractivity contribution >= 4 is 23.2 Å². The number of nitrogens with one attached hydrogen (secondary N) is 1. The Kier molecular flexibility index (Phi) is 2.17. The quantitative estimate of drug-likeness (QED) is 0.755. The number of carbonyl (C=O) groups is 1. The molecule has 0 bridgehead atoms. The first-order valence-corrected chi connectivity index (χ1v) is 5.58. The molecular formula is C11H10ClNO3. The van der Waals surface area contributed by atoms with Crippen molar-refractivity contribution in [3.63, 3.8) is 0 Å². The molecule has 1 N–H and O–H groups in total. The highest BCUT2D eigenvalue weighted by Crippen LogP contribution is 2.43. The topological polar surface area (TPSA) is 47.6 Å². The zero-order valence-electron chi connectivity index (χ0n) is 8.40. The summed E-state index contributed by atoms with van der Waals surface area (Å²) in [6.45, 7) is 0.339. The molecule has 1 saturated heterocycles. The first kappa shape index (κ1) is 10.1. The second-order valence-electron chi connectivity index (χ2n) is 3.82. The minimum absolute atomic E-state index is 0.237. The van der Waals surface area contributed by atoms with Crippen LogP contribution in [0.3, 0.4) is 0 Å². The second-order valence-corrected chi connectivity index (χ2v) is 4.13. The molecule has 2 heterocycles. The van der Waals surface area contributed by atoms with Gasteiger partial charge in [-0.1, -0.05) is 18.2 Å². The summed E-state index contributed by atoms with van der Waals surface area (Å²) in [6, 6.07) is 7.35. The molecular weight excluding hydrogens is 230 g/mol. The van der Waals surface area contributed by atoms with E-state index in [1.165, 1.54) is 0 Å². The monoisotopic (exact) mass is 239 g/mol. The lowest BCUT2D eigenvalue weighted by atomic mass is 10.1. The Morgan fingerprint density at radius 1 is 1.50 bits per heavy atom. The third kappa shape index (κ3) is 1.21. The van der Waals surface area contributed by atoms with Crippen LogP contribution in [0.15, 0.2) is 24.3 Å². The smallest absolute Gasteiger partial charge is 0.289 e. The molecule has 0 aliphatic carbocycles. The van der Waals surface area contributed by atoms with E-state index in [1.54, 1.807) is 0 Å². The van der Waals surface area contributed by atoms with E-state index in [1.807, 2.05) is 24.3 Å². The van der Waals surface area contributed by atoms with E-state index in [9.17, 15) is 4.79 Å². The molecule has 2 aliphatic rings. The Balaban J connectivity index is 2.05. The number of fused-ring (bicyclic) bond motifs is 2. The number of rotatable bonds is 1. The lowest BCUT2D eigenvalue weighted by Crippen LogP contribution is -2.36. The van der Waals surface area contributed by atoms with Crippen molar-refractivity contribution in [1.29, 1.82) is 0 Å². The molecule has 1 aromatic carbocycles. The van der Waals surface area contributed by atoms with Crippen LogP contribution in [0.4, 0.5) is 5.69 Å². The number of para-hydroxylation sites is 1. The minimum atomic E-state index is -1.28. The molecule has 84 valence electrons. The van der Waals surface area contributed by atoms with Gasteiger partial charge in [0.15, 0.2) is 0 Å². The highest BCUT2D eigenvalue weighted by atomic mass is 35.5. The van der Waals surface area contributed by atoms with Gasteiger partial charge >= 0.3 is 0 Å². The van der Waals surface area contributed by atoms with E-state index < -0.39 is 5.79 Å². The maximum Gasteiger partial charge on any atom is 0.289 e. The van der Waals surface area contributed by atoms with E-state index in [4.69, 9.17) is 21.1 Å². The molecule has 4 nitrogen and oxygen atoms in total. The van der Waals surface area contributed by atoms with E-state index in [-0.39, 0.29) is 12.0 Å². The number of alkyl halides is 1. The van der Waals surface area contributed by atoms with Gasteiger partial charge in [-0.2, -0.15) is 0 Å². The first-order valence-electron chi connectivity index (χ1n) is 5.05. The number of hydrogen-bond acceptors (Lipinski definition) is 3. The SMILES string of the molecule is O=C1Nc2ccccc2[C@]12OC[C@@H](CCl)O2. The third-order valence-electron chi connectivity index (χ3n) is 2.81. The summed E-state index contributed by atoms with van der Waals surface area (Å²) in [6.07, 6.45) is -0.237. The molecule has 0 unspecified atom stereocenters. The number of amides is 1. The summed E-state index contributed by atoms with van der Waals surface area (Å²) < 4.78 is 11.2. The van der Waals surface area contributed by atoms with Crippen LogP contribution in [-0.2, 0) is 20.1 Å². The van der Waals surface area contributed by atoms with Crippen LogP contribution in [0.2, 0.25) is 0 Å². The number of halogens is 1. The average molecular weight is 240 g/mol. The molecule has 2 atom stereocenters. The highest BCUT2D eigenvalue weighted by Gasteiger charge is 2.54. The molecule has 0 aromatic heterocycles. The Morgan fingerprint density at radius 2 is 2.31 bits per heavy atom. The van der Waals surface area contributed by atoms with E-state index >= 15 is 0 Å². The van der Waals surface area contributed by atoms with Crippen LogP contribution in [0.1, 0.15) is 5.56 Å². The number of hydrogen-bond donors (Lipinski definition) is 1. The van der Waals surface area contributed by atoms with Crippen molar-refractivity contribution in [2.75, 3.05) is 17.8 Å². The standard InChI is InChI=1S/C11H10ClNO3/c12-5-7-6-15-11(16-7)8-3-1-2-4-9(8)13-10(11)14/h1-4,7H,5-6H2,(H,13,14)/t7-,11-/m1/s1. The van der Waals surface area contributed by atoms with E-state index in [0.29, 0.717) is 12.5 Å². The van der Waals surface area contributed by atoms with Crippen LogP contribution >= 0.6 is 11.6 Å². The fourth-order valence-corrected chi connectivity index (χ4v) is 2.21. The van der Waals surface area contributed by atoms with Gasteiger partial charge in [-0.3, -0.25) is 4.79 Å². The number of carbonyl (C=O) groups excluding carboxylic acids is 1. The molecule has 2 aliphatic heterocycles. The Bertz CT molecular complexity index is 451. The average Bonchev–Trinajstić information content (AvgIpc) is 2.85. The van der Waals surface area contributed by atoms with Crippen LogP contribution < -0.4 is 5.32 Å². The summed E-state index contributed by atoms with van der Waals surface area (Å²) in [5, 5.41) is 2.74. The molecule has 1 amide bonds. The number of anilines is 1. The van der Waals surface area contributed by atoms with Gasteiger partial charge in [0.05, 0.1) is 24.3 Å². The van der Waals surface area contributed by atoms with Gasteiger partial charge in [0.25, 0.3) is 11.7 Å². The normalized spacial score (nSPS) is 31.8. The van der Waals surface area contributed by atoms with Gasteiger partial charge in [0.2, 0.25) is 0 Å². The Morgan fingerprint density at radius 3 is 3.06 bits per heavy atom. The number of ether oxygens (including phenoxy) is 2. The predicted molar refractivity (Wildman–Crippen MR) is 58.3 cm³/mol. The van der Waals surface area contributed by atoms with Crippen molar-refractivity contribution in [3.8, 4) is 0 Å². The van der Waals surface area contributed by atoms with Crippen molar-refractivity contribution in [1.82, 2.24) is 0 Å². The molecule has 0 saturated carbocycles. The molecule has 3 rings (SSSR count). The zero-order chi connectivity index (χ0) is 11.2. The lowest BCUT2D eigenvalue weighted by molar-refractivity contribution is -0.183. The van der Waals surface area contributed by atoms with Crippen molar-refractivity contribution in [2.45, 2.75) is 11.9 Å². The van der Waals surface area contributed by atoms with E-state index in [2.05, 4.69) is 5.32 Å². The van der Waals surface area contributed by atoms with Crippen LogP contribution in [0.25, 0.3) is 0 Å². The Labute approximate surface area is 97.5 Å². The molecule has 1 fully saturated rings. The maximum absolute atomic E-state index is 11.9. The predicted octanol–water partition coefficient (Wildman–Crippen LogP) is 1.45. The van der Waals surface area contributed by atoms with Gasteiger partial charge in [-0.05, 0) is 6.07 Å². The van der Waals surface area contributed by atoms with Gasteiger partial charge in [0, 0.05) is 5.56 Å². The van der Waals surface area contributed by atoms with Gasteiger partial charge < -0.3 is 14.8 Å². The molecule has 0 radical (unpaired) electrons. The summed E-state index contributed by atoms with van der Waals surface area (Å²) in [5.74, 6) is -1.24. The minimum Gasteiger partial charge on any atom is -0.336 e. The summed E-state index contributed by atoms with van der Waals surface area (Å²) >= 11 is 5.71. The zero-order valence-corrected chi connectivity index (χ0v) is 9.16. The van der Waals surface area contributed by atoms with Crippen molar-refractivity contribution < 1.29 is 14.3 Å². The Hall–Kier alpha value is -1.10. The molecule has 1 aromatic rings. The molecule has 5 heteroatoms. The summed E-state index contributed by atoms with van der Waals surface area (Å²) in [7, 11) is 0. The number of benzene rings is 1. The second kappa shape index (κ2) is 3.45. The maximum atomic E-state index is 11.9. The summed E-state index contributed by atoms with van der Waals surface area (Å²) in [5.41, 5.74) is 1.47.